The summed E-state index contributed by atoms with van der Waals surface area (Å²) in [6, 6.07) is 16.9. The number of aliphatic imine (C=N–C) groups is 1. The van der Waals surface area contributed by atoms with Gasteiger partial charge in [0.1, 0.15) is 0 Å². The molecule has 4 N–H and O–H groups in total. The normalized spacial score (nSPS) is 13.1. The van der Waals surface area contributed by atoms with E-state index in [4.69, 9.17) is 0 Å². The van der Waals surface area contributed by atoms with Crippen LogP contribution in [-0.2, 0) is 22.3 Å². The van der Waals surface area contributed by atoms with Crippen molar-refractivity contribution in [2.45, 2.75) is 31.7 Å². The number of guanidine groups is 1. The molecule has 29 heavy (non-hydrogen) atoms. The Morgan fingerprint density at radius 3 is 2.31 bits per heavy atom. The molecule has 1 unspecified atom stereocenters. The monoisotopic (exact) mass is 418 g/mol. The Morgan fingerprint density at radius 2 is 1.69 bits per heavy atom. The van der Waals surface area contributed by atoms with Gasteiger partial charge in [-0.2, -0.15) is 0 Å². The predicted molar refractivity (Wildman–Crippen MR) is 117 cm³/mol. The molecule has 8 heteroatoms. The number of aliphatic hydroxyl groups excluding tert-OH is 1. The molecule has 0 aliphatic heterocycles. The minimum Gasteiger partial charge on any atom is -0.388 e. The number of rotatable bonds is 10. The molecule has 1 atom stereocenters. The van der Waals surface area contributed by atoms with Gasteiger partial charge in [0.05, 0.1) is 18.4 Å². The van der Waals surface area contributed by atoms with Gasteiger partial charge in [-0.1, -0.05) is 54.6 Å². The van der Waals surface area contributed by atoms with Crippen molar-refractivity contribution in [2.75, 3.05) is 20.1 Å². The lowest BCUT2D eigenvalue weighted by Crippen LogP contribution is -2.38. The average Bonchev–Trinajstić information content (AvgIpc) is 2.73. The Kier molecular flexibility index (Phi) is 9.11. The van der Waals surface area contributed by atoms with E-state index < -0.39 is 16.1 Å². The van der Waals surface area contributed by atoms with E-state index >= 15 is 0 Å². The molecule has 2 aromatic carbocycles. The van der Waals surface area contributed by atoms with Crippen molar-refractivity contribution in [1.29, 1.82) is 0 Å². The number of hydrogen-bond acceptors (Lipinski definition) is 4. The van der Waals surface area contributed by atoms with Gasteiger partial charge in [-0.25, -0.2) is 18.1 Å². The maximum atomic E-state index is 11.6. The maximum absolute atomic E-state index is 11.6. The van der Waals surface area contributed by atoms with Crippen LogP contribution in [0.5, 0.6) is 0 Å². The number of nitrogens with one attached hydrogen (secondary N) is 3. The SMILES string of the molecule is CCNC(=NCc1ccc(CS(=O)(=O)NC)cc1)NCCC(O)c1ccccc1. The smallest absolute Gasteiger partial charge is 0.215 e. The second-order valence-electron chi connectivity index (χ2n) is 6.62. The van der Waals surface area contributed by atoms with Crippen LogP contribution in [-0.4, -0.2) is 39.6 Å². The molecule has 0 aliphatic rings. The Balaban J connectivity index is 1.88. The number of sulfonamides is 1. The summed E-state index contributed by atoms with van der Waals surface area (Å²) in [5.74, 6) is 0.635. The van der Waals surface area contributed by atoms with E-state index in [0.717, 1.165) is 23.2 Å². The van der Waals surface area contributed by atoms with Gasteiger partial charge in [-0.3, -0.25) is 0 Å². The summed E-state index contributed by atoms with van der Waals surface area (Å²) < 4.78 is 25.5. The fourth-order valence-corrected chi connectivity index (χ4v) is 3.49. The van der Waals surface area contributed by atoms with E-state index in [1.165, 1.54) is 7.05 Å². The molecule has 0 heterocycles. The third-order valence-corrected chi connectivity index (χ3v) is 5.68. The van der Waals surface area contributed by atoms with Crippen molar-refractivity contribution in [3.05, 3.63) is 71.3 Å². The molecule has 0 amide bonds. The second-order valence-corrected chi connectivity index (χ2v) is 8.54. The number of nitrogens with zero attached hydrogens (tertiary/aromatic N) is 1. The van der Waals surface area contributed by atoms with Crippen LogP contribution in [0, 0.1) is 0 Å². The summed E-state index contributed by atoms with van der Waals surface area (Å²) in [4.78, 5) is 4.56. The largest absolute Gasteiger partial charge is 0.388 e. The Labute approximate surface area is 173 Å². The van der Waals surface area contributed by atoms with Crippen molar-refractivity contribution in [1.82, 2.24) is 15.4 Å². The molecular formula is C21H30N4O3S. The van der Waals surface area contributed by atoms with Gasteiger partial charge in [-0.05, 0) is 37.1 Å². The van der Waals surface area contributed by atoms with Crippen LogP contribution in [0.15, 0.2) is 59.6 Å². The molecule has 0 saturated carbocycles. The zero-order valence-corrected chi connectivity index (χ0v) is 17.7. The number of benzene rings is 2. The molecule has 0 bridgehead atoms. The predicted octanol–water partition coefficient (Wildman–Crippen LogP) is 1.91. The third-order valence-electron chi connectivity index (χ3n) is 4.35. The summed E-state index contributed by atoms with van der Waals surface area (Å²) in [5, 5.41) is 16.7. The van der Waals surface area contributed by atoms with Gasteiger partial charge in [0.15, 0.2) is 5.96 Å². The van der Waals surface area contributed by atoms with Crippen molar-refractivity contribution >= 4 is 16.0 Å². The van der Waals surface area contributed by atoms with Crippen molar-refractivity contribution in [2.24, 2.45) is 4.99 Å². The summed E-state index contributed by atoms with van der Waals surface area (Å²) in [6.07, 6.45) is 0.0521. The quantitative estimate of drug-likeness (QED) is 0.349. The van der Waals surface area contributed by atoms with E-state index in [-0.39, 0.29) is 5.75 Å². The molecule has 0 spiro atoms. The lowest BCUT2D eigenvalue weighted by Gasteiger charge is -2.14. The van der Waals surface area contributed by atoms with Gasteiger partial charge in [0, 0.05) is 13.1 Å². The van der Waals surface area contributed by atoms with Crippen molar-refractivity contribution in [3.63, 3.8) is 0 Å². The van der Waals surface area contributed by atoms with E-state index in [1.807, 2.05) is 49.4 Å². The maximum Gasteiger partial charge on any atom is 0.215 e. The first-order valence-electron chi connectivity index (χ1n) is 9.67. The molecule has 7 nitrogen and oxygen atoms in total. The molecule has 2 rings (SSSR count). The molecule has 0 fully saturated rings. The van der Waals surface area contributed by atoms with Gasteiger partial charge < -0.3 is 15.7 Å². The van der Waals surface area contributed by atoms with E-state index in [0.29, 0.717) is 25.5 Å². The van der Waals surface area contributed by atoms with Crippen LogP contribution < -0.4 is 15.4 Å². The van der Waals surface area contributed by atoms with Gasteiger partial charge >= 0.3 is 0 Å². The topological polar surface area (TPSA) is 103 Å². The number of hydrogen-bond donors (Lipinski definition) is 4. The van der Waals surface area contributed by atoms with E-state index in [9.17, 15) is 13.5 Å². The van der Waals surface area contributed by atoms with Gasteiger partial charge in [0.25, 0.3) is 0 Å². The van der Waals surface area contributed by atoms with Crippen molar-refractivity contribution in [3.8, 4) is 0 Å². The standard InChI is InChI=1S/C21H30N4O3S/c1-3-23-21(24-14-13-20(26)19-7-5-4-6-8-19)25-15-17-9-11-18(12-10-17)16-29(27,28)22-2/h4-12,20,22,26H,3,13-16H2,1-2H3,(H2,23,24,25). The Bertz CT molecular complexity index is 869. The minimum atomic E-state index is -3.27. The first kappa shape index (κ1) is 22.9. The van der Waals surface area contributed by atoms with Gasteiger partial charge in [0.2, 0.25) is 10.0 Å². The summed E-state index contributed by atoms with van der Waals surface area (Å²) >= 11 is 0. The highest BCUT2D eigenvalue weighted by Crippen LogP contribution is 2.14. The van der Waals surface area contributed by atoms with Crippen LogP contribution in [0.4, 0.5) is 0 Å². The van der Waals surface area contributed by atoms with Crippen LogP contribution in [0.2, 0.25) is 0 Å². The zero-order chi connectivity index (χ0) is 21.1. The molecular weight excluding hydrogens is 388 g/mol. The second kappa shape index (κ2) is 11.5. The molecule has 0 aromatic heterocycles. The summed E-state index contributed by atoms with van der Waals surface area (Å²) in [5.41, 5.74) is 2.61. The highest BCUT2D eigenvalue weighted by molar-refractivity contribution is 7.88. The number of aliphatic hydroxyl groups is 1. The highest BCUT2D eigenvalue weighted by Gasteiger charge is 2.09. The van der Waals surface area contributed by atoms with Gasteiger partial charge in [-0.15, -0.1) is 0 Å². The highest BCUT2D eigenvalue weighted by atomic mass is 32.2. The first-order valence-corrected chi connectivity index (χ1v) is 11.3. The molecule has 0 saturated heterocycles. The average molecular weight is 419 g/mol. The molecule has 2 aromatic rings. The lowest BCUT2D eigenvalue weighted by molar-refractivity contribution is 0.168. The first-order chi connectivity index (χ1) is 13.9. The zero-order valence-electron chi connectivity index (χ0n) is 16.9. The summed E-state index contributed by atoms with van der Waals surface area (Å²) in [6.45, 7) is 3.78. The van der Waals surface area contributed by atoms with Crippen LogP contribution in [0.1, 0.15) is 36.1 Å². The Morgan fingerprint density at radius 1 is 1.03 bits per heavy atom. The fourth-order valence-electron chi connectivity index (χ4n) is 2.71. The van der Waals surface area contributed by atoms with Crippen molar-refractivity contribution < 1.29 is 13.5 Å². The van der Waals surface area contributed by atoms with Crippen LogP contribution in [0.25, 0.3) is 0 Å². The molecule has 0 radical (unpaired) electrons. The van der Waals surface area contributed by atoms with E-state index in [1.54, 1.807) is 12.1 Å². The summed E-state index contributed by atoms with van der Waals surface area (Å²) in [7, 11) is -1.86. The minimum absolute atomic E-state index is 0.0407. The van der Waals surface area contributed by atoms with Crippen LogP contribution in [0.3, 0.4) is 0 Å². The molecule has 0 aliphatic carbocycles. The fraction of sp³-hybridized carbons (Fsp3) is 0.381. The molecule has 158 valence electrons. The Hall–Kier alpha value is -2.42. The van der Waals surface area contributed by atoms with E-state index in [2.05, 4.69) is 20.3 Å². The van der Waals surface area contributed by atoms with Crippen LogP contribution >= 0.6 is 0 Å². The lowest BCUT2D eigenvalue weighted by atomic mass is 10.1. The third kappa shape index (κ3) is 8.23.